The molecule has 1 aromatic rings. The molecule has 0 spiro atoms. The van der Waals surface area contributed by atoms with Crippen LogP contribution in [0.15, 0.2) is 29.2 Å². The van der Waals surface area contributed by atoms with Gasteiger partial charge in [0.15, 0.2) is 0 Å². The average Bonchev–Trinajstić information content (AvgIpc) is 2.55. The van der Waals surface area contributed by atoms with Crippen LogP contribution < -0.4 is 0 Å². The SMILES string of the molecule is CCOC(=O)CN1CCN(S(=O)(=O)c2ccc(C(C)(C)C)cc2)CC1. The van der Waals surface area contributed by atoms with Crippen LogP contribution in [0.1, 0.15) is 33.3 Å². The number of benzene rings is 1. The van der Waals surface area contributed by atoms with Crippen LogP contribution in [0.5, 0.6) is 0 Å². The first-order valence-electron chi connectivity index (χ1n) is 8.63. The van der Waals surface area contributed by atoms with Gasteiger partial charge in [0.2, 0.25) is 10.0 Å². The van der Waals surface area contributed by atoms with Gasteiger partial charge in [-0.2, -0.15) is 4.31 Å². The van der Waals surface area contributed by atoms with Crippen LogP contribution in [-0.4, -0.2) is 62.9 Å². The lowest BCUT2D eigenvalue weighted by atomic mass is 9.87. The number of hydrogen-bond acceptors (Lipinski definition) is 5. The van der Waals surface area contributed by atoms with Gasteiger partial charge < -0.3 is 4.74 Å². The summed E-state index contributed by atoms with van der Waals surface area (Å²) in [5, 5.41) is 0. The summed E-state index contributed by atoms with van der Waals surface area (Å²) in [6.07, 6.45) is 0. The minimum atomic E-state index is -3.50. The van der Waals surface area contributed by atoms with Crippen molar-refractivity contribution in [1.82, 2.24) is 9.21 Å². The highest BCUT2D eigenvalue weighted by Gasteiger charge is 2.29. The molecule has 1 aliphatic rings. The Morgan fingerprint density at radius 3 is 2.12 bits per heavy atom. The maximum absolute atomic E-state index is 12.8. The van der Waals surface area contributed by atoms with Crippen LogP contribution in [0, 0.1) is 0 Å². The van der Waals surface area contributed by atoms with Gasteiger partial charge in [0.05, 0.1) is 18.0 Å². The number of sulfonamides is 1. The third-order valence-electron chi connectivity index (χ3n) is 4.35. The monoisotopic (exact) mass is 368 g/mol. The molecule has 0 atom stereocenters. The number of piperazine rings is 1. The van der Waals surface area contributed by atoms with E-state index in [4.69, 9.17) is 4.74 Å². The molecule has 0 N–H and O–H groups in total. The van der Waals surface area contributed by atoms with Crippen LogP contribution in [0.2, 0.25) is 0 Å². The minimum absolute atomic E-state index is 0.0129. The van der Waals surface area contributed by atoms with Crippen molar-refractivity contribution in [3.63, 3.8) is 0 Å². The van der Waals surface area contributed by atoms with Crippen LogP contribution in [0.3, 0.4) is 0 Å². The summed E-state index contributed by atoms with van der Waals surface area (Å²) in [4.78, 5) is 13.8. The molecule has 25 heavy (non-hydrogen) atoms. The van der Waals surface area contributed by atoms with E-state index in [0.717, 1.165) is 5.56 Å². The van der Waals surface area contributed by atoms with E-state index in [-0.39, 0.29) is 17.9 Å². The summed E-state index contributed by atoms with van der Waals surface area (Å²) >= 11 is 0. The Bertz CT molecular complexity index is 685. The van der Waals surface area contributed by atoms with Crippen LogP contribution in [0.4, 0.5) is 0 Å². The Morgan fingerprint density at radius 1 is 1.08 bits per heavy atom. The average molecular weight is 368 g/mol. The molecule has 1 fully saturated rings. The molecule has 0 aromatic heterocycles. The van der Waals surface area contributed by atoms with E-state index in [0.29, 0.717) is 37.7 Å². The van der Waals surface area contributed by atoms with Crippen LogP contribution >= 0.6 is 0 Å². The summed E-state index contributed by atoms with van der Waals surface area (Å²) in [6, 6.07) is 7.12. The maximum atomic E-state index is 12.8. The summed E-state index contributed by atoms with van der Waals surface area (Å²) in [5.41, 5.74) is 1.09. The molecule has 1 aromatic carbocycles. The topological polar surface area (TPSA) is 66.9 Å². The van der Waals surface area contributed by atoms with Gasteiger partial charge in [0.1, 0.15) is 0 Å². The molecule has 1 aliphatic heterocycles. The number of carbonyl (C=O) groups is 1. The second-order valence-corrected chi connectivity index (χ2v) is 9.20. The second kappa shape index (κ2) is 7.85. The van der Waals surface area contributed by atoms with E-state index < -0.39 is 10.0 Å². The molecule has 6 nitrogen and oxygen atoms in total. The zero-order chi connectivity index (χ0) is 18.7. The van der Waals surface area contributed by atoms with Gasteiger partial charge in [-0.25, -0.2) is 8.42 Å². The van der Waals surface area contributed by atoms with Gasteiger partial charge >= 0.3 is 5.97 Å². The molecule has 140 valence electrons. The van der Waals surface area contributed by atoms with Crippen LogP contribution in [-0.2, 0) is 25.0 Å². The van der Waals surface area contributed by atoms with Gasteiger partial charge in [0, 0.05) is 26.2 Å². The molecule has 2 rings (SSSR count). The molecular formula is C18H28N2O4S. The molecule has 0 radical (unpaired) electrons. The fourth-order valence-electron chi connectivity index (χ4n) is 2.79. The molecule has 0 bridgehead atoms. The minimum Gasteiger partial charge on any atom is -0.465 e. The Kier molecular flexibility index (Phi) is 6.24. The molecular weight excluding hydrogens is 340 g/mol. The molecule has 0 unspecified atom stereocenters. The number of ether oxygens (including phenoxy) is 1. The fraction of sp³-hybridized carbons (Fsp3) is 0.611. The molecule has 7 heteroatoms. The molecule has 0 saturated carbocycles. The van der Waals surface area contributed by atoms with Crippen molar-refractivity contribution in [1.29, 1.82) is 0 Å². The third kappa shape index (κ3) is 5.03. The smallest absolute Gasteiger partial charge is 0.320 e. The van der Waals surface area contributed by atoms with Gasteiger partial charge in [0.25, 0.3) is 0 Å². The number of nitrogens with zero attached hydrogens (tertiary/aromatic N) is 2. The lowest BCUT2D eigenvalue weighted by Gasteiger charge is -2.33. The van der Waals surface area contributed by atoms with E-state index in [1.807, 2.05) is 17.0 Å². The third-order valence-corrected chi connectivity index (χ3v) is 6.26. The quantitative estimate of drug-likeness (QED) is 0.742. The molecule has 1 saturated heterocycles. The first kappa shape index (κ1) is 19.9. The highest BCUT2D eigenvalue weighted by molar-refractivity contribution is 7.89. The predicted molar refractivity (Wildman–Crippen MR) is 97.0 cm³/mol. The van der Waals surface area contributed by atoms with Crippen molar-refractivity contribution in [2.24, 2.45) is 0 Å². The first-order chi connectivity index (χ1) is 11.6. The second-order valence-electron chi connectivity index (χ2n) is 7.26. The van der Waals surface area contributed by atoms with E-state index in [1.54, 1.807) is 19.1 Å². The fourth-order valence-corrected chi connectivity index (χ4v) is 4.22. The molecule has 0 amide bonds. The van der Waals surface area contributed by atoms with E-state index in [2.05, 4.69) is 20.8 Å². The number of hydrogen-bond donors (Lipinski definition) is 0. The highest BCUT2D eigenvalue weighted by Crippen LogP contribution is 2.25. The van der Waals surface area contributed by atoms with Crippen molar-refractivity contribution < 1.29 is 17.9 Å². The largest absolute Gasteiger partial charge is 0.465 e. The first-order valence-corrected chi connectivity index (χ1v) is 10.1. The summed E-state index contributed by atoms with van der Waals surface area (Å²) in [7, 11) is -3.50. The zero-order valence-corrected chi connectivity index (χ0v) is 16.3. The lowest BCUT2D eigenvalue weighted by Crippen LogP contribution is -2.49. The Balaban J connectivity index is 2.01. The molecule has 1 heterocycles. The molecule has 0 aliphatic carbocycles. The summed E-state index contributed by atoms with van der Waals surface area (Å²) in [6.45, 7) is 10.4. The predicted octanol–water partition coefficient (Wildman–Crippen LogP) is 1.85. The van der Waals surface area contributed by atoms with E-state index in [9.17, 15) is 13.2 Å². The van der Waals surface area contributed by atoms with Crippen molar-refractivity contribution in [3.05, 3.63) is 29.8 Å². The maximum Gasteiger partial charge on any atom is 0.320 e. The van der Waals surface area contributed by atoms with Crippen molar-refractivity contribution in [3.8, 4) is 0 Å². The van der Waals surface area contributed by atoms with Gasteiger partial charge in [-0.15, -0.1) is 0 Å². The Hall–Kier alpha value is -1.44. The van der Waals surface area contributed by atoms with Gasteiger partial charge in [-0.3, -0.25) is 9.69 Å². The van der Waals surface area contributed by atoms with E-state index >= 15 is 0 Å². The summed E-state index contributed by atoms with van der Waals surface area (Å²) in [5.74, 6) is -0.267. The van der Waals surface area contributed by atoms with Crippen LogP contribution in [0.25, 0.3) is 0 Å². The normalized spacial score (nSPS) is 17.4. The summed E-state index contributed by atoms with van der Waals surface area (Å²) < 4.78 is 32.0. The standard InChI is InChI=1S/C18H28N2O4S/c1-5-24-17(21)14-19-10-12-20(13-11-19)25(22,23)16-8-6-15(7-9-16)18(2,3)4/h6-9H,5,10-14H2,1-4H3. The van der Waals surface area contributed by atoms with E-state index in [1.165, 1.54) is 4.31 Å². The lowest BCUT2D eigenvalue weighted by molar-refractivity contribution is -0.144. The number of rotatable bonds is 5. The Morgan fingerprint density at radius 2 is 1.64 bits per heavy atom. The zero-order valence-electron chi connectivity index (χ0n) is 15.5. The van der Waals surface area contributed by atoms with Gasteiger partial charge in [-0.05, 0) is 30.0 Å². The highest BCUT2D eigenvalue weighted by atomic mass is 32.2. The number of esters is 1. The van der Waals surface area contributed by atoms with Crippen molar-refractivity contribution >= 4 is 16.0 Å². The Labute approximate surface area is 150 Å². The van der Waals surface area contributed by atoms with Gasteiger partial charge in [-0.1, -0.05) is 32.9 Å². The van der Waals surface area contributed by atoms with Crippen molar-refractivity contribution in [2.45, 2.75) is 38.0 Å². The van der Waals surface area contributed by atoms with Crippen molar-refractivity contribution in [2.75, 3.05) is 39.3 Å². The number of carbonyl (C=O) groups excluding carboxylic acids is 1.